The smallest absolute Gasteiger partial charge is 0.315 e. The minimum atomic E-state index is -0.706. The number of carbonyl (C=O) groups is 2. The van der Waals surface area contributed by atoms with E-state index < -0.39 is 12.8 Å². The van der Waals surface area contributed by atoms with Crippen LogP contribution in [0.5, 0.6) is 0 Å². The second kappa shape index (κ2) is 22.5. The van der Waals surface area contributed by atoms with Gasteiger partial charge in [-0.15, -0.1) is 0 Å². The zero-order valence-electron chi connectivity index (χ0n) is 8.16. The summed E-state index contributed by atoms with van der Waals surface area (Å²) in [5.74, 6) is -0.706. The van der Waals surface area contributed by atoms with Gasteiger partial charge in [0.05, 0.1) is 0 Å². The van der Waals surface area contributed by atoms with Gasteiger partial charge >= 0.3 is 5.97 Å². The molecule has 0 radical (unpaired) electrons. The van der Waals surface area contributed by atoms with E-state index >= 15 is 0 Å². The Hall–Kier alpha value is -0.900. The first-order valence-electron chi connectivity index (χ1n) is 4.01. The molecule has 4 nitrogen and oxygen atoms in total. The molecule has 0 aliphatic rings. The van der Waals surface area contributed by atoms with Gasteiger partial charge in [-0.05, 0) is 0 Å². The molecule has 0 aromatic rings. The van der Waals surface area contributed by atoms with E-state index in [9.17, 15) is 9.59 Å². The molecule has 0 saturated carbocycles. The van der Waals surface area contributed by atoms with Gasteiger partial charge in [-0.3, -0.25) is 4.79 Å². The highest BCUT2D eigenvalue weighted by molar-refractivity contribution is 5.83. The third-order valence-corrected chi connectivity index (χ3v) is 0.476. The van der Waals surface area contributed by atoms with Crippen molar-refractivity contribution in [3.63, 3.8) is 0 Å². The lowest BCUT2D eigenvalue weighted by molar-refractivity contribution is -0.152. The van der Waals surface area contributed by atoms with Crippen LogP contribution in [0, 0.1) is 0 Å². The second-order valence-electron chi connectivity index (χ2n) is 1.02. The lowest BCUT2D eigenvalue weighted by Crippen LogP contribution is -2.04. The molecule has 0 saturated heterocycles. The Labute approximate surface area is 73.5 Å². The Morgan fingerprint density at radius 2 is 1.75 bits per heavy atom. The van der Waals surface area contributed by atoms with Gasteiger partial charge in [0, 0.05) is 0 Å². The van der Waals surface area contributed by atoms with Crippen LogP contribution in [0.2, 0.25) is 0 Å². The van der Waals surface area contributed by atoms with Gasteiger partial charge < -0.3 is 14.6 Å². The van der Waals surface area contributed by atoms with Crippen LogP contribution in [0.1, 0.15) is 34.1 Å². The number of aliphatic hydroxyl groups is 1. The zero-order chi connectivity index (χ0) is 10.4. The molecule has 12 heavy (non-hydrogen) atoms. The monoisotopic (exact) mass is 178 g/mol. The number of aldehydes is 1. The van der Waals surface area contributed by atoms with Crippen LogP contribution in [0.4, 0.5) is 0 Å². The minimum absolute atomic E-state index is 0.291. The molecule has 0 bridgehead atoms. The molecule has 74 valence electrons. The molecule has 4 heteroatoms. The van der Waals surface area contributed by atoms with E-state index in [4.69, 9.17) is 5.11 Å². The first kappa shape index (κ1) is 17.3. The van der Waals surface area contributed by atoms with Crippen molar-refractivity contribution in [2.24, 2.45) is 0 Å². The molecule has 0 aromatic carbocycles. The van der Waals surface area contributed by atoms with Crippen LogP contribution >= 0.6 is 0 Å². The summed E-state index contributed by atoms with van der Waals surface area (Å²) >= 11 is 0. The molecule has 0 fully saturated rings. The van der Waals surface area contributed by atoms with Crippen LogP contribution in [0.15, 0.2) is 0 Å². The molecule has 1 N–H and O–H groups in total. The van der Waals surface area contributed by atoms with Crippen molar-refractivity contribution in [2.75, 3.05) is 6.79 Å². The van der Waals surface area contributed by atoms with E-state index in [2.05, 4.69) is 4.74 Å². The average Bonchev–Trinajstić information content (AvgIpc) is 2.12. The SMILES string of the molecule is CC.CC.O=CCC(=O)OCO. The number of hydrogen-bond donors (Lipinski definition) is 1. The molecule has 0 aliphatic carbocycles. The van der Waals surface area contributed by atoms with Crippen LogP contribution in [0.3, 0.4) is 0 Å². The van der Waals surface area contributed by atoms with Crippen LogP contribution in [0.25, 0.3) is 0 Å². The van der Waals surface area contributed by atoms with E-state index in [0.29, 0.717) is 6.29 Å². The highest BCUT2D eigenvalue weighted by Crippen LogP contribution is 1.78. The molecule has 0 aromatic heterocycles. The van der Waals surface area contributed by atoms with Crippen molar-refractivity contribution in [2.45, 2.75) is 34.1 Å². The third kappa shape index (κ3) is 23.0. The quantitative estimate of drug-likeness (QED) is 0.304. The standard InChI is InChI=1S/C4H6O4.2C2H6/c5-2-1-4(7)8-3-6;2*1-2/h2,6H,1,3H2;2*1-2H3. The normalized spacial score (nSPS) is 6.42. The number of esters is 1. The van der Waals surface area contributed by atoms with Crippen LogP contribution < -0.4 is 0 Å². The fraction of sp³-hybridized carbons (Fsp3) is 0.750. The van der Waals surface area contributed by atoms with Gasteiger partial charge in [-0.25, -0.2) is 0 Å². The Kier molecular flexibility index (Phi) is 32.3. The number of aliphatic hydroxyl groups excluding tert-OH is 1. The number of carbonyl (C=O) groups excluding carboxylic acids is 2. The van der Waals surface area contributed by atoms with Gasteiger partial charge in [0.1, 0.15) is 12.7 Å². The van der Waals surface area contributed by atoms with Crippen molar-refractivity contribution in [1.82, 2.24) is 0 Å². The van der Waals surface area contributed by atoms with Crippen molar-refractivity contribution < 1.29 is 19.4 Å². The van der Waals surface area contributed by atoms with E-state index in [0.717, 1.165) is 0 Å². The molecule has 0 rings (SSSR count). The molecule has 0 atom stereocenters. The molecular weight excluding hydrogens is 160 g/mol. The summed E-state index contributed by atoms with van der Waals surface area (Å²) in [6, 6.07) is 0. The lowest BCUT2D eigenvalue weighted by Gasteiger charge is -1.92. The van der Waals surface area contributed by atoms with Crippen LogP contribution in [-0.2, 0) is 14.3 Å². The Morgan fingerprint density at radius 1 is 1.33 bits per heavy atom. The molecule has 0 unspecified atom stereocenters. The fourth-order valence-corrected chi connectivity index (χ4v) is 0.199. The lowest BCUT2D eigenvalue weighted by atomic mass is 10.5. The second-order valence-corrected chi connectivity index (χ2v) is 1.02. The van der Waals surface area contributed by atoms with Gasteiger partial charge in [-0.1, -0.05) is 27.7 Å². The third-order valence-electron chi connectivity index (χ3n) is 0.476. The molecular formula is C8H18O4. The molecule has 0 aliphatic heterocycles. The molecule has 0 spiro atoms. The summed E-state index contributed by atoms with van der Waals surface area (Å²) in [6.45, 7) is 7.34. The number of rotatable bonds is 3. The molecule has 0 amide bonds. The predicted molar refractivity (Wildman–Crippen MR) is 46.6 cm³/mol. The average molecular weight is 178 g/mol. The van der Waals surface area contributed by atoms with E-state index in [-0.39, 0.29) is 6.42 Å². The zero-order valence-corrected chi connectivity index (χ0v) is 8.16. The Bertz CT molecular complexity index is 91.1. The maximum Gasteiger partial charge on any atom is 0.315 e. The molecule has 0 heterocycles. The van der Waals surface area contributed by atoms with Crippen molar-refractivity contribution in [1.29, 1.82) is 0 Å². The summed E-state index contributed by atoms with van der Waals surface area (Å²) < 4.78 is 3.97. The van der Waals surface area contributed by atoms with E-state index in [1.54, 1.807) is 0 Å². The summed E-state index contributed by atoms with van der Waals surface area (Å²) in [6.07, 6.45) is 0.124. The van der Waals surface area contributed by atoms with Gasteiger partial charge in [0.2, 0.25) is 0 Å². The van der Waals surface area contributed by atoms with Crippen molar-refractivity contribution in [3.05, 3.63) is 0 Å². The number of ether oxygens (including phenoxy) is 1. The Balaban J connectivity index is -0.000000175. The number of hydrogen-bond acceptors (Lipinski definition) is 4. The van der Waals surface area contributed by atoms with Crippen molar-refractivity contribution in [3.8, 4) is 0 Å². The topological polar surface area (TPSA) is 63.6 Å². The van der Waals surface area contributed by atoms with Gasteiger partial charge in [0.15, 0.2) is 6.79 Å². The minimum Gasteiger partial charge on any atom is -0.438 e. The first-order valence-corrected chi connectivity index (χ1v) is 4.01. The highest BCUT2D eigenvalue weighted by atomic mass is 16.6. The fourth-order valence-electron chi connectivity index (χ4n) is 0.199. The van der Waals surface area contributed by atoms with Crippen molar-refractivity contribution >= 4 is 12.3 Å². The van der Waals surface area contributed by atoms with Gasteiger partial charge in [0.25, 0.3) is 0 Å². The van der Waals surface area contributed by atoms with E-state index in [1.807, 2.05) is 27.7 Å². The maximum atomic E-state index is 10.0. The largest absolute Gasteiger partial charge is 0.438 e. The van der Waals surface area contributed by atoms with Gasteiger partial charge in [-0.2, -0.15) is 0 Å². The predicted octanol–water partition coefficient (Wildman–Crippen LogP) is 1.12. The maximum absolute atomic E-state index is 10.0. The summed E-state index contributed by atoms with van der Waals surface area (Å²) in [5.41, 5.74) is 0. The summed E-state index contributed by atoms with van der Waals surface area (Å²) in [5, 5.41) is 7.90. The summed E-state index contributed by atoms with van der Waals surface area (Å²) in [7, 11) is 0. The van der Waals surface area contributed by atoms with Crippen LogP contribution in [-0.4, -0.2) is 24.2 Å². The summed E-state index contributed by atoms with van der Waals surface area (Å²) in [4.78, 5) is 19.5. The first-order chi connectivity index (χ1) is 5.81. The Morgan fingerprint density at radius 3 is 2.00 bits per heavy atom. The van der Waals surface area contributed by atoms with E-state index in [1.165, 1.54) is 0 Å². The highest BCUT2D eigenvalue weighted by Gasteiger charge is 1.96.